The Kier molecular flexibility index (Phi) is 9.87. The van der Waals surface area contributed by atoms with Gasteiger partial charge < -0.3 is 23.6 Å². The highest BCUT2D eigenvalue weighted by atomic mass is 32.2. The van der Waals surface area contributed by atoms with Crippen LogP contribution in [0.3, 0.4) is 0 Å². The number of aromatic nitrogens is 2. The van der Waals surface area contributed by atoms with Gasteiger partial charge in [0.2, 0.25) is 0 Å². The first-order valence-electron chi connectivity index (χ1n) is 14.6. The van der Waals surface area contributed by atoms with Crippen LogP contribution in [0.2, 0.25) is 36.3 Å². The molecule has 2 aliphatic rings. The molecule has 3 heterocycles. The first-order valence-corrected chi connectivity index (χ1v) is 21.8. The van der Waals surface area contributed by atoms with Crippen LogP contribution < -0.4 is 16.6 Å². The number of carbonyl (C=O) groups excluding carboxylic acids is 2. The van der Waals surface area contributed by atoms with E-state index in [0.29, 0.717) is 5.41 Å². The van der Waals surface area contributed by atoms with Gasteiger partial charge in [0.25, 0.3) is 15.7 Å². The van der Waals surface area contributed by atoms with Crippen LogP contribution in [0.5, 0.6) is 0 Å². The number of methoxy groups -OCH3 is 1. The quantitative estimate of drug-likeness (QED) is 0.193. The fourth-order valence-corrected chi connectivity index (χ4v) is 8.13. The number of nitrogens with one attached hydrogen (secondary N) is 1. The minimum Gasteiger partial charge on any atom is -0.462 e. The van der Waals surface area contributed by atoms with Crippen molar-refractivity contribution in [3.63, 3.8) is 0 Å². The summed E-state index contributed by atoms with van der Waals surface area (Å²) in [5.41, 5.74) is -3.49. The standard InChI is InChI=1S/C28H47N3O11SSi2/c1-17-14-31(25(35)30(8)22(17)33)23-20(41-45(12,13)27(5,6)7)28(19(40-23)15-39-44(10,11)26(2,3)4)18(16-43(36,37)42-28)29-21(32)24(34)38-9/h14,16,19-20,23H,15H2,1-13H3,(H,29,32)/t19?,20-,23+,28?/m0/s1. The molecule has 2 unspecified atom stereocenters. The number of hydrogen-bond acceptors (Lipinski definition) is 11. The molecule has 1 spiro atoms. The van der Waals surface area contributed by atoms with Gasteiger partial charge in [-0.1, -0.05) is 41.5 Å². The predicted octanol–water partition coefficient (Wildman–Crippen LogP) is 2.39. The van der Waals surface area contributed by atoms with E-state index in [9.17, 15) is 27.6 Å². The molecule has 0 aromatic carbocycles. The van der Waals surface area contributed by atoms with Crippen LogP contribution in [0.1, 0.15) is 53.3 Å². The molecule has 1 N–H and O–H groups in total. The van der Waals surface area contributed by atoms with E-state index in [1.165, 1.54) is 20.2 Å². The van der Waals surface area contributed by atoms with Crippen LogP contribution >= 0.6 is 0 Å². The van der Waals surface area contributed by atoms with Crippen LogP contribution in [0, 0.1) is 6.92 Å². The number of ether oxygens (including phenoxy) is 2. The van der Waals surface area contributed by atoms with Gasteiger partial charge in [-0.2, -0.15) is 8.42 Å². The van der Waals surface area contributed by atoms with Crippen molar-refractivity contribution in [2.75, 3.05) is 13.7 Å². The Morgan fingerprint density at radius 1 is 1.04 bits per heavy atom. The molecule has 0 radical (unpaired) electrons. The summed E-state index contributed by atoms with van der Waals surface area (Å²) in [6.45, 7) is 21.2. The molecular formula is C28H47N3O11SSi2. The highest BCUT2D eigenvalue weighted by Gasteiger charge is 2.68. The normalized spacial score (nSPS) is 25.4. The summed E-state index contributed by atoms with van der Waals surface area (Å²) < 4.78 is 59.0. The maximum absolute atomic E-state index is 13.6. The lowest BCUT2D eigenvalue weighted by atomic mass is 9.89. The molecule has 14 nitrogen and oxygen atoms in total. The van der Waals surface area contributed by atoms with Crippen molar-refractivity contribution in [3.8, 4) is 0 Å². The molecule has 1 amide bonds. The molecule has 0 aliphatic carbocycles. The van der Waals surface area contributed by atoms with Crippen LogP contribution in [-0.2, 0) is 49.3 Å². The molecule has 3 rings (SSSR count). The molecular weight excluding hydrogens is 643 g/mol. The Labute approximate surface area is 266 Å². The molecule has 0 bridgehead atoms. The van der Waals surface area contributed by atoms with Gasteiger partial charge >= 0.3 is 17.6 Å². The lowest BCUT2D eigenvalue weighted by molar-refractivity contribution is -0.152. The van der Waals surface area contributed by atoms with Gasteiger partial charge in [-0.15, -0.1) is 0 Å². The summed E-state index contributed by atoms with van der Waals surface area (Å²) in [6, 6.07) is 0. The minimum absolute atomic E-state index is 0.217. The lowest BCUT2D eigenvalue weighted by Crippen LogP contribution is -2.60. The van der Waals surface area contributed by atoms with Gasteiger partial charge in [0, 0.05) is 18.8 Å². The summed E-state index contributed by atoms with van der Waals surface area (Å²) in [5.74, 6) is -2.52. The van der Waals surface area contributed by atoms with Crippen molar-refractivity contribution >= 4 is 38.6 Å². The number of hydrogen-bond donors (Lipinski definition) is 1. The third kappa shape index (κ3) is 6.84. The summed E-state index contributed by atoms with van der Waals surface area (Å²) in [7, 11) is -7.54. The third-order valence-corrected chi connectivity index (χ3v) is 19.4. The molecule has 2 aliphatic heterocycles. The van der Waals surface area contributed by atoms with E-state index in [-0.39, 0.29) is 22.9 Å². The summed E-state index contributed by atoms with van der Waals surface area (Å²) in [5, 5.41) is 2.39. The maximum Gasteiger partial charge on any atom is 0.396 e. The predicted molar refractivity (Wildman–Crippen MR) is 171 cm³/mol. The molecule has 1 saturated heterocycles. The number of amides is 1. The lowest BCUT2D eigenvalue weighted by Gasteiger charge is -2.44. The molecule has 1 aromatic heterocycles. The minimum atomic E-state index is -4.50. The van der Waals surface area contributed by atoms with Gasteiger partial charge in [-0.25, -0.2) is 13.8 Å². The molecule has 1 fully saturated rings. The largest absolute Gasteiger partial charge is 0.462 e. The first kappa shape index (κ1) is 37.0. The number of esters is 1. The van der Waals surface area contributed by atoms with Gasteiger partial charge in [-0.05, 0) is 43.2 Å². The molecule has 1 aromatic rings. The molecule has 254 valence electrons. The number of aryl methyl sites for hydroxylation is 1. The zero-order valence-corrected chi connectivity index (χ0v) is 31.2. The molecule has 17 heteroatoms. The molecule has 0 saturated carbocycles. The summed E-state index contributed by atoms with van der Waals surface area (Å²) >= 11 is 0. The van der Waals surface area contributed by atoms with Crippen molar-refractivity contribution in [3.05, 3.63) is 43.7 Å². The van der Waals surface area contributed by atoms with Crippen molar-refractivity contribution in [1.82, 2.24) is 14.5 Å². The highest BCUT2D eigenvalue weighted by Crippen LogP contribution is 2.52. The Hall–Kier alpha value is -2.42. The van der Waals surface area contributed by atoms with Crippen molar-refractivity contribution < 1.29 is 40.5 Å². The number of rotatable bonds is 7. The van der Waals surface area contributed by atoms with Crippen LogP contribution in [0.15, 0.2) is 26.9 Å². The Morgan fingerprint density at radius 3 is 2.11 bits per heavy atom. The monoisotopic (exact) mass is 689 g/mol. The van der Waals surface area contributed by atoms with Crippen molar-refractivity contribution in [2.24, 2.45) is 7.05 Å². The Bertz CT molecular complexity index is 1620. The Morgan fingerprint density at radius 2 is 1.60 bits per heavy atom. The second-order valence-corrected chi connectivity index (χ2v) is 25.6. The van der Waals surface area contributed by atoms with E-state index in [1.54, 1.807) is 0 Å². The highest BCUT2D eigenvalue weighted by molar-refractivity contribution is 7.90. The second-order valence-electron chi connectivity index (χ2n) is 14.6. The van der Waals surface area contributed by atoms with Gasteiger partial charge in [0.05, 0.1) is 24.8 Å². The average molecular weight is 690 g/mol. The fourth-order valence-electron chi connectivity index (χ4n) is 4.60. The van der Waals surface area contributed by atoms with Crippen LogP contribution in [0.25, 0.3) is 0 Å². The fraction of sp³-hybridized carbons (Fsp3) is 0.714. The van der Waals surface area contributed by atoms with E-state index in [0.717, 1.165) is 16.2 Å². The van der Waals surface area contributed by atoms with E-state index in [2.05, 4.69) is 10.1 Å². The second kappa shape index (κ2) is 12.0. The van der Waals surface area contributed by atoms with Gasteiger partial charge in [-0.3, -0.25) is 18.7 Å². The van der Waals surface area contributed by atoms with Crippen molar-refractivity contribution in [1.29, 1.82) is 0 Å². The first-order chi connectivity index (χ1) is 20.2. The van der Waals surface area contributed by atoms with E-state index >= 15 is 0 Å². The van der Waals surface area contributed by atoms with E-state index in [1.807, 2.05) is 67.7 Å². The number of carbonyl (C=O) groups is 2. The summed E-state index contributed by atoms with van der Waals surface area (Å²) in [4.78, 5) is 51.3. The number of nitrogens with zero attached hydrogens (tertiary/aromatic N) is 2. The Balaban J connectivity index is 2.38. The average Bonchev–Trinajstić information content (AvgIpc) is 3.33. The third-order valence-electron chi connectivity index (χ3n) is 9.41. The zero-order chi connectivity index (χ0) is 34.7. The van der Waals surface area contributed by atoms with E-state index < -0.39 is 79.0 Å². The van der Waals surface area contributed by atoms with Crippen molar-refractivity contribution in [2.45, 2.75) is 109 Å². The summed E-state index contributed by atoms with van der Waals surface area (Å²) in [6.07, 6.45) is -2.70. The van der Waals surface area contributed by atoms with Gasteiger partial charge in [0.15, 0.2) is 28.5 Å². The topological polar surface area (TPSA) is 170 Å². The molecule has 45 heavy (non-hydrogen) atoms. The molecule has 4 atom stereocenters. The smallest absolute Gasteiger partial charge is 0.396 e. The van der Waals surface area contributed by atoms with E-state index in [4.69, 9.17) is 17.8 Å². The van der Waals surface area contributed by atoms with Crippen LogP contribution in [0.4, 0.5) is 0 Å². The SMILES string of the molecule is COC(=O)C(=O)NC1=CS(=O)(=O)OC12C(CO[Si](C)(C)C(C)(C)C)O[C@@H](n1cc(C)c(=O)n(C)c1=O)[C@@H]2O[Si](C)(C)C(C)(C)C. The van der Waals surface area contributed by atoms with Gasteiger partial charge in [0.1, 0.15) is 12.2 Å². The zero-order valence-electron chi connectivity index (χ0n) is 28.4. The maximum atomic E-state index is 13.6. The van der Waals surface area contributed by atoms with Crippen LogP contribution in [-0.4, -0.2) is 77.6 Å².